The first-order chi connectivity index (χ1) is 50.6. The molecule has 0 bridgehead atoms. The Kier molecular flexibility index (Phi) is 68.6. The molecule has 14 nitrogen and oxygen atoms in total. The third-order valence-corrected chi connectivity index (χ3v) is 21.8. The zero-order valence-corrected chi connectivity index (χ0v) is 66.8. The summed E-state index contributed by atoms with van der Waals surface area (Å²) in [6.45, 7) is 2.86. The molecule has 0 aromatic rings. The monoisotopic (exact) mass is 1460 g/mol. The predicted molar refractivity (Wildman–Crippen MR) is 429 cm³/mol. The molecule has 2 aliphatic rings. The molecule has 0 aromatic heterocycles. The van der Waals surface area contributed by atoms with Gasteiger partial charge in [-0.3, -0.25) is 4.79 Å². The van der Waals surface area contributed by atoms with Crippen molar-refractivity contribution in [2.45, 2.75) is 492 Å². The lowest BCUT2D eigenvalue weighted by Crippen LogP contribution is -2.65. The number of ether oxygens (including phenoxy) is 4. The Morgan fingerprint density at radius 2 is 0.641 bits per heavy atom. The fraction of sp³-hybridized carbons (Fsp3) is 0.899. The maximum atomic E-state index is 13.4. The van der Waals surface area contributed by atoms with Gasteiger partial charge in [0.2, 0.25) is 5.91 Å². The molecule has 0 radical (unpaired) electrons. The first-order valence-corrected chi connectivity index (χ1v) is 44.4. The summed E-state index contributed by atoms with van der Waals surface area (Å²) in [6, 6.07) is -0.916. The standard InChI is InChI=1S/C89H167NO13/c1-3-5-7-9-11-13-15-17-19-21-23-25-27-29-31-33-35-36-37-38-39-40-41-42-43-45-47-49-51-53-55-57-59-61-63-65-67-69-71-73-81(94)90-77(76-100-88-86(99)84(97)87(80(75-92)102-88)103-89-85(98)83(96)82(95)79(74-91)101-89)78(93)72-70-68-66-64-62-60-58-56-54-52-50-48-46-44-34-32-30-28-26-24-22-20-18-16-14-12-10-8-6-4-2/h15,17,21,23,27,29,70,72,77-80,82-89,91-93,95-99H,3-14,16,18-20,22,24-26,28,30-69,71,73-76H2,1-2H3,(H,90,94)/b17-15-,23-21-,29-27-,72-70+. The topological polar surface area (TPSA) is 228 Å². The summed E-state index contributed by atoms with van der Waals surface area (Å²) in [4.78, 5) is 13.4. The number of hydrogen-bond acceptors (Lipinski definition) is 13. The van der Waals surface area contributed by atoms with Crippen molar-refractivity contribution in [3.05, 3.63) is 48.6 Å². The molecule has 12 atom stereocenters. The quantitative estimate of drug-likeness (QED) is 0.0204. The van der Waals surface area contributed by atoms with Gasteiger partial charge in [0.05, 0.1) is 32.0 Å². The Bertz CT molecular complexity index is 1920. The van der Waals surface area contributed by atoms with Crippen LogP contribution in [0.5, 0.6) is 0 Å². The molecule has 1 amide bonds. The molecule has 2 fully saturated rings. The van der Waals surface area contributed by atoms with Gasteiger partial charge in [-0.15, -0.1) is 0 Å². The number of rotatable bonds is 76. The van der Waals surface area contributed by atoms with Crippen LogP contribution < -0.4 is 5.32 Å². The number of carbonyl (C=O) groups excluding carboxylic acids is 1. The molecule has 9 N–H and O–H groups in total. The molecule has 12 unspecified atom stereocenters. The highest BCUT2D eigenvalue weighted by Crippen LogP contribution is 2.31. The van der Waals surface area contributed by atoms with Crippen LogP contribution in [0.4, 0.5) is 0 Å². The average Bonchev–Trinajstić information content (AvgIpc) is 0.791. The number of nitrogens with one attached hydrogen (secondary N) is 1. The zero-order valence-electron chi connectivity index (χ0n) is 66.8. The first-order valence-electron chi connectivity index (χ1n) is 44.4. The van der Waals surface area contributed by atoms with Crippen LogP contribution in [0.3, 0.4) is 0 Å². The summed E-state index contributed by atoms with van der Waals surface area (Å²) >= 11 is 0. The van der Waals surface area contributed by atoms with E-state index in [-0.39, 0.29) is 18.9 Å². The van der Waals surface area contributed by atoms with Crippen LogP contribution in [-0.2, 0) is 23.7 Å². The summed E-state index contributed by atoms with van der Waals surface area (Å²) in [5.41, 5.74) is 0. The third kappa shape index (κ3) is 55.1. The van der Waals surface area contributed by atoms with Crippen molar-refractivity contribution in [2.24, 2.45) is 0 Å². The Morgan fingerprint density at radius 1 is 0.350 bits per heavy atom. The third-order valence-electron chi connectivity index (χ3n) is 21.8. The Morgan fingerprint density at radius 3 is 0.981 bits per heavy atom. The van der Waals surface area contributed by atoms with E-state index in [0.717, 1.165) is 51.4 Å². The second-order valence-corrected chi connectivity index (χ2v) is 31.4. The van der Waals surface area contributed by atoms with Crippen LogP contribution in [0, 0.1) is 0 Å². The summed E-state index contributed by atoms with van der Waals surface area (Å²) in [6.07, 6.45) is 82.2. The van der Waals surface area contributed by atoms with Gasteiger partial charge < -0.3 is 65.1 Å². The summed E-state index contributed by atoms with van der Waals surface area (Å²) in [5, 5.41) is 87.8. The molecule has 103 heavy (non-hydrogen) atoms. The minimum atomic E-state index is -1.79. The molecule has 0 aromatic carbocycles. The second-order valence-electron chi connectivity index (χ2n) is 31.4. The van der Waals surface area contributed by atoms with Crippen LogP contribution in [0.15, 0.2) is 48.6 Å². The Balaban J connectivity index is 1.56. The maximum Gasteiger partial charge on any atom is 0.220 e. The van der Waals surface area contributed by atoms with Gasteiger partial charge >= 0.3 is 0 Å². The van der Waals surface area contributed by atoms with E-state index in [2.05, 4.69) is 55.6 Å². The highest BCUT2D eigenvalue weighted by atomic mass is 16.7. The fourth-order valence-corrected chi connectivity index (χ4v) is 14.8. The van der Waals surface area contributed by atoms with E-state index in [1.165, 1.54) is 340 Å². The zero-order chi connectivity index (χ0) is 74.4. The number of hydrogen-bond donors (Lipinski definition) is 9. The van der Waals surface area contributed by atoms with Crippen molar-refractivity contribution in [2.75, 3.05) is 19.8 Å². The highest BCUT2D eigenvalue weighted by molar-refractivity contribution is 5.76. The minimum Gasteiger partial charge on any atom is -0.394 e. The van der Waals surface area contributed by atoms with Gasteiger partial charge in [-0.05, 0) is 57.8 Å². The predicted octanol–water partition coefficient (Wildman–Crippen LogP) is 21.3. The largest absolute Gasteiger partial charge is 0.394 e. The Labute approximate surface area is 633 Å². The molecule has 0 spiro atoms. The smallest absolute Gasteiger partial charge is 0.220 e. The van der Waals surface area contributed by atoms with E-state index in [9.17, 15) is 45.6 Å². The number of aliphatic hydroxyl groups is 8. The summed E-state index contributed by atoms with van der Waals surface area (Å²) < 4.78 is 23.0. The molecule has 606 valence electrons. The van der Waals surface area contributed by atoms with Crippen molar-refractivity contribution in [1.82, 2.24) is 5.32 Å². The molecule has 2 rings (SSSR count). The van der Waals surface area contributed by atoms with Crippen molar-refractivity contribution in [3.8, 4) is 0 Å². The van der Waals surface area contributed by atoms with Crippen LogP contribution in [0.25, 0.3) is 0 Å². The van der Waals surface area contributed by atoms with Gasteiger partial charge in [-0.1, -0.05) is 403 Å². The summed E-state index contributed by atoms with van der Waals surface area (Å²) in [5.74, 6) is -0.230. The molecular weight excluding hydrogens is 1290 g/mol. The van der Waals surface area contributed by atoms with Gasteiger partial charge in [0.25, 0.3) is 0 Å². The van der Waals surface area contributed by atoms with E-state index in [1.807, 2.05) is 6.08 Å². The van der Waals surface area contributed by atoms with Gasteiger partial charge in [0.1, 0.15) is 48.8 Å². The lowest BCUT2D eigenvalue weighted by molar-refractivity contribution is -0.359. The van der Waals surface area contributed by atoms with Crippen LogP contribution in [0.2, 0.25) is 0 Å². The normalized spacial score (nSPS) is 21.7. The summed E-state index contributed by atoms with van der Waals surface area (Å²) in [7, 11) is 0. The van der Waals surface area contributed by atoms with Gasteiger partial charge in [0.15, 0.2) is 12.6 Å². The van der Waals surface area contributed by atoms with Crippen molar-refractivity contribution in [1.29, 1.82) is 0 Å². The first kappa shape index (κ1) is 97.0. The number of unbranched alkanes of at least 4 members (excludes halogenated alkanes) is 57. The highest BCUT2D eigenvalue weighted by Gasteiger charge is 2.51. The molecule has 0 aliphatic carbocycles. The molecule has 2 aliphatic heterocycles. The van der Waals surface area contributed by atoms with Crippen molar-refractivity contribution in [3.63, 3.8) is 0 Å². The van der Waals surface area contributed by atoms with E-state index >= 15 is 0 Å². The molecule has 14 heteroatoms. The van der Waals surface area contributed by atoms with E-state index in [0.29, 0.717) is 6.42 Å². The van der Waals surface area contributed by atoms with Gasteiger partial charge in [-0.25, -0.2) is 0 Å². The number of allylic oxidation sites excluding steroid dienone is 7. The number of carbonyl (C=O) groups is 1. The number of aliphatic hydroxyl groups excluding tert-OH is 8. The Hall–Kier alpha value is -2.05. The van der Waals surface area contributed by atoms with Gasteiger partial charge in [-0.2, -0.15) is 0 Å². The van der Waals surface area contributed by atoms with Crippen LogP contribution in [0.1, 0.15) is 418 Å². The minimum absolute atomic E-state index is 0.230. The van der Waals surface area contributed by atoms with Gasteiger partial charge in [0, 0.05) is 6.42 Å². The van der Waals surface area contributed by atoms with Crippen molar-refractivity contribution >= 4 is 5.91 Å². The second kappa shape index (κ2) is 72.8. The fourth-order valence-electron chi connectivity index (χ4n) is 14.8. The lowest BCUT2D eigenvalue weighted by atomic mass is 9.97. The van der Waals surface area contributed by atoms with E-state index < -0.39 is 86.8 Å². The van der Waals surface area contributed by atoms with Crippen LogP contribution in [-0.4, -0.2) is 140 Å². The SMILES string of the molecule is CCCCCCC/C=C\C/C=C\C/C=C\CCCCCCCCCCCCCCCCCCCCCCCCCCC(=O)NC(COC1OC(CO)C(OC2OC(CO)C(O)C(O)C2O)C(O)C1O)C(O)/C=C/CCCCCCCCCCCCCCCCCCCCCCCCCCCCCC. The van der Waals surface area contributed by atoms with Crippen LogP contribution >= 0.6 is 0 Å². The average molecular weight is 1460 g/mol. The lowest BCUT2D eigenvalue weighted by Gasteiger charge is -2.46. The number of amides is 1. The molecule has 0 saturated carbocycles. The molecule has 2 heterocycles. The van der Waals surface area contributed by atoms with E-state index in [4.69, 9.17) is 18.9 Å². The molecule has 2 saturated heterocycles. The maximum absolute atomic E-state index is 13.4. The van der Waals surface area contributed by atoms with Crippen molar-refractivity contribution < 1.29 is 64.6 Å². The molecular formula is C89H167NO13. The van der Waals surface area contributed by atoms with E-state index in [1.54, 1.807) is 6.08 Å².